The topological polar surface area (TPSA) is 480 Å². The van der Waals surface area contributed by atoms with Gasteiger partial charge in [-0.25, -0.2) is 46.7 Å². The standard InChI is InChI=1S/2C15H22N6O5S.C4H8O6S2/c2*1-27(3-2-7(16)15(24)25)4-8-10(22)11(23)14(26-8)21-6-20-9-12(17)18-5-19-13(9)21;5-11(6,7)3-1-2-4-12(8,9)10/h2*5-8,10-11,14,22-23H,2-4,16H2,1H3,(H2-,17,18,19,24,25);1,3H,2,4H2,(H,5,6,7)(H,8,9,10)/t2*7-,8+,10+,11+,14+,27?;/m00./s1. The fourth-order valence-electron chi connectivity index (χ4n) is 6.33. The summed E-state index contributed by atoms with van der Waals surface area (Å²) >= 11 is 0. The van der Waals surface area contributed by atoms with Gasteiger partial charge in [0.15, 0.2) is 35.4 Å². The van der Waals surface area contributed by atoms with Crippen molar-refractivity contribution in [2.45, 2.75) is 80.4 Å². The minimum absolute atomic E-state index is 0.216. The number of carboxylic acid groups (broad SMARTS) is 2. The van der Waals surface area contributed by atoms with Crippen LogP contribution in [0.1, 0.15) is 31.7 Å². The Morgan fingerprint density at radius 2 is 1.12 bits per heavy atom. The molecular formula is C34H52N12O16S4. The number of ether oxygens (including phenoxy) is 2. The normalized spacial score (nSPS) is 25.2. The second kappa shape index (κ2) is 23.5. The summed E-state index contributed by atoms with van der Waals surface area (Å²) < 4.78 is 74.3. The van der Waals surface area contributed by atoms with Gasteiger partial charge < -0.3 is 72.2 Å². The number of hydrogen-bond acceptors (Lipinski definition) is 24. The van der Waals surface area contributed by atoms with E-state index in [1.807, 2.05) is 12.5 Å². The van der Waals surface area contributed by atoms with E-state index in [9.17, 15) is 56.0 Å². The molecule has 4 aromatic rings. The molecule has 6 heterocycles. The number of nitrogen functional groups attached to an aromatic ring is 2. The second-order valence-corrected chi connectivity index (χ2v) is 22.3. The van der Waals surface area contributed by atoms with Crippen LogP contribution in [-0.2, 0) is 61.1 Å². The van der Waals surface area contributed by atoms with Crippen molar-refractivity contribution in [2.24, 2.45) is 11.5 Å². The number of anilines is 2. The fraction of sp³-hybridized carbons (Fsp3) is 0.588. The SMILES string of the molecule is C[S+](CC[C@H](N)C(=O)O)C[C@H]1O[C@@H](n2cnc3c(N)ncnc32)[C@H](O)[C@@H]1O.C[S+](CC[C@H](N)C(=O)O)C[C@H]1O[C@@H](n2cnc3c(N)ncnc32)[C@H](O)[C@@H]1O.O=S(=O)([O-])C=CCCS(=O)(=O)[O-]. The van der Waals surface area contributed by atoms with Crippen LogP contribution in [0.5, 0.6) is 0 Å². The Bertz CT molecular complexity index is 2380. The first-order chi connectivity index (χ1) is 30.8. The number of imidazole rings is 2. The van der Waals surface area contributed by atoms with Crippen molar-refractivity contribution in [3.8, 4) is 0 Å². The molecule has 2 aliphatic rings. The fourth-order valence-corrected chi connectivity index (χ4v) is 10.5. The molecule has 0 spiro atoms. The van der Waals surface area contributed by atoms with Crippen molar-refractivity contribution in [3.05, 3.63) is 36.8 Å². The van der Waals surface area contributed by atoms with Crippen LogP contribution >= 0.6 is 0 Å². The number of aliphatic hydroxyl groups excluding tert-OH is 4. The van der Waals surface area contributed by atoms with Crippen LogP contribution in [0.4, 0.5) is 11.6 Å². The Labute approximate surface area is 382 Å². The molecule has 6 rings (SSSR count). The highest BCUT2D eigenvalue weighted by atomic mass is 32.2. The number of hydrogen-bond donors (Lipinski definition) is 10. The molecule has 66 heavy (non-hydrogen) atoms. The molecule has 0 aliphatic carbocycles. The van der Waals surface area contributed by atoms with Gasteiger partial charge in [-0.15, -0.1) is 0 Å². The second-order valence-electron chi connectivity index (χ2n) is 14.9. The maximum absolute atomic E-state index is 10.8. The number of allylic oxidation sites excluding steroid dienone is 1. The van der Waals surface area contributed by atoms with Gasteiger partial charge in [0.05, 0.1) is 35.3 Å². The Morgan fingerprint density at radius 1 is 0.727 bits per heavy atom. The van der Waals surface area contributed by atoms with Crippen molar-refractivity contribution in [2.75, 3.05) is 52.7 Å². The monoisotopic (exact) mass is 1010 g/mol. The van der Waals surface area contributed by atoms with Gasteiger partial charge in [0.1, 0.15) is 106 Å². The van der Waals surface area contributed by atoms with E-state index in [-0.39, 0.29) is 39.8 Å². The van der Waals surface area contributed by atoms with Gasteiger partial charge >= 0.3 is 11.9 Å². The van der Waals surface area contributed by atoms with Crippen molar-refractivity contribution < 1.29 is 75.6 Å². The van der Waals surface area contributed by atoms with E-state index in [4.69, 9.17) is 42.6 Å². The minimum atomic E-state index is -4.47. The lowest BCUT2D eigenvalue weighted by Gasteiger charge is -2.16. The third-order valence-corrected chi connectivity index (χ3v) is 14.8. The molecule has 0 aromatic carbocycles. The molecule has 368 valence electrons. The first-order valence-electron chi connectivity index (χ1n) is 19.4. The highest BCUT2D eigenvalue weighted by Crippen LogP contribution is 2.34. The van der Waals surface area contributed by atoms with Crippen molar-refractivity contribution in [1.82, 2.24) is 39.0 Å². The molecule has 14 N–H and O–H groups in total. The smallest absolute Gasteiger partial charge is 0.320 e. The van der Waals surface area contributed by atoms with E-state index >= 15 is 0 Å². The van der Waals surface area contributed by atoms with Gasteiger partial charge in [-0.3, -0.25) is 18.7 Å². The Balaban J connectivity index is 0.000000233. The van der Waals surface area contributed by atoms with Gasteiger partial charge in [0, 0.05) is 24.0 Å². The van der Waals surface area contributed by atoms with Gasteiger partial charge in [0.25, 0.3) is 0 Å². The summed E-state index contributed by atoms with van der Waals surface area (Å²) in [5.41, 5.74) is 24.2. The summed E-state index contributed by atoms with van der Waals surface area (Å²) in [7, 11) is -9.28. The van der Waals surface area contributed by atoms with Crippen LogP contribution in [0.15, 0.2) is 36.8 Å². The molecule has 28 nitrogen and oxygen atoms in total. The van der Waals surface area contributed by atoms with Crippen LogP contribution in [0.3, 0.4) is 0 Å². The summed E-state index contributed by atoms with van der Waals surface area (Å²) in [5, 5.41) is 59.7. The van der Waals surface area contributed by atoms with E-state index in [2.05, 4.69) is 29.9 Å². The van der Waals surface area contributed by atoms with Crippen LogP contribution in [-0.4, -0.2) is 198 Å². The van der Waals surface area contributed by atoms with Crippen molar-refractivity contribution >= 4 is 87.9 Å². The molecule has 2 saturated heterocycles. The summed E-state index contributed by atoms with van der Waals surface area (Å²) in [6, 6.07) is -1.81. The number of aliphatic carboxylic acids is 2. The number of carbonyl (C=O) groups is 2. The first kappa shape index (κ1) is 54.2. The van der Waals surface area contributed by atoms with Gasteiger partial charge in [-0.2, -0.15) is 0 Å². The zero-order valence-corrected chi connectivity index (χ0v) is 38.4. The van der Waals surface area contributed by atoms with Crippen LogP contribution in [0.2, 0.25) is 0 Å². The van der Waals surface area contributed by atoms with Crippen LogP contribution < -0.4 is 22.9 Å². The van der Waals surface area contributed by atoms with Crippen molar-refractivity contribution in [1.29, 1.82) is 0 Å². The predicted molar refractivity (Wildman–Crippen MR) is 236 cm³/mol. The lowest BCUT2D eigenvalue weighted by atomic mass is 10.1. The zero-order chi connectivity index (χ0) is 49.3. The zero-order valence-electron chi connectivity index (χ0n) is 35.2. The summed E-state index contributed by atoms with van der Waals surface area (Å²) in [4.78, 5) is 45.9. The van der Waals surface area contributed by atoms with Gasteiger partial charge in [0.2, 0.25) is 0 Å². The number of fused-ring (bicyclic) bond motifs is 2. The lowest BCUT2D eigenvalue weighted by Crippen LogP contribution is -2.37. The number of carboxylic acids is 2. The maximum Gasteiger partial charge on any atom is 0.320 e. The summed E-state index contributed by atoms with van der Waals surface area (Å²) in [6.45, 7) is 0. The van der Waals surface area contributed by atoms with Crippen LogP contribution in [0.25, 0.3) is 22.3 Å². The number of aliphatic hydroxyl groups is 4. The molecule has 0 radical (unpaired) electrons. The first-order valence-corrected chi connectivity index (χ1v) is 26.4. The highest BCUT2D eigenvalue weighted by molar-refractivity contribution is 7.96. The Kier molecular flexibility index (Phi) is 19.3. The molecule has 4 aromatic heterocycles. The molecule has 0 saturated carbocycles. The van der Waals surface area contributed by atoms with E-state index in [1.54, 1.807) is 0 Å². The quantitative estimate of drug-likeness (QED) is 0.0330. The third-order valence-electron chi connectivity index (χ3n) is 9.88. The van der Waals surface area contributed by atoms with E-state index < -0.39 is 99.1 Å². The number of aromatic nitrogens is 8. The largest absolute Gasteiger partial charge is 0.748 e. The van der Waals surface area contributed by atoms with Gasteiger partial charge in [-0.1, -0.05) is 6.08 Å². The maximum atomic E-state index is 10.8. The van der Waals surface area contributed by atoms with Crippen LogP contribution in [0, 0.1) is 0 Å². The molecule has 2 aliphatic heterocycles. The average Bonchev–Trinajstić information content (AvgIpc) is 4.00. The van der Waals surface area contributed by atoms with E-state index in [1.165, 1.54) is 34.4 Å². The molecule has 0 bridgehead atoms. The molecule has 0 amide bonds. The van der Waals surface area contributed by atoms with E-state index in [0.29, 0.717) is 63.6 Å². The third kappa shape index (κ3) is 15.0. The molecule has 2 fully saturated rings. The average molecular weight is 1010 g/mol. The number of rotatable bonds is 18. The molecule has 12 atom stereocenters. The van der Waals surface area contributed by atoms with Crippen molar-refractivity contribution in [3.63, 3.8) is 0 Å². The summed E-state index contributed by atoms with van der Waals surface area (Å²) in [6.07, 6.45) is 3.18. The molecule has 32 heteroatoms. The molecule has 2 unspecified atom stereocenters. The summed E-state index contributed by atoms with van der Waals surface area (Å²) in [5.74, 6) is -0.201. The number of nitrogens with two attached hydrogens (primary N) is 4. The minimum Gasteiger partial charge on any atom is -0.748 e. The Morgan fingerprint density at radius 3 is 1.47 bits per heavy atom. The highest BCUT2D eigenvalue weighted by Gasteiger charge is 2.48. The van der Waals surface area contributed by atoms with Gasteiger partial charge in [-0.05, 0) is 28.2 Å². The lowest BCUT2D eigenvalue weighted by molar-refractivity contribution is -0.139. The Hall–Kier alpha value is -4.42. The molecular weight excluding hydrogens is 961 g/mol. The van der Waals surface area contributed by atoms with E-state index in [0.717, 1.165) is 6.08 Å². The predicted octanol–water partition coefficient (Wildman–Crippen LogP) is -4.86. The number of nitrogens with zero attached hydrogens (tertiary/aromatic N) is 8.